The zero-order valence-electron chi connectivity index (χ0n) is 14.4. The molecule has 0 aromatic heterocycles. The summed E-state index contributed by atoms with van der Waals surface area (Å²) in [5.74, 6) is 0. The summed E-state index contributed by atoms with van der Waals surface area (Å²) < 4.78 is 65.5. The lowest BCUT2D eigenvalue weighted by Gasteiger charge is -2.06. The Morgan fingerprint density at radius 2 is 1.29 bits per heavy atom. The van der Waals surface area contributed by atoms with Gasteiger partial charge in [-0.1, -0.05) is 36.9 Å². The van der Waals surface area contributed by atoms with Crippen LogP contribution in [0.5, 0.6) is 0 Å². The van der Waals surface area contributed by atoms with Crippen LogP contribution in [0.2, 0.25) is 0 Å². The number of nitrogens with zero attached hydrogens (tertiary/aromatic N) is 2. The van der Waals surface area contributed by atoms with E-state index in [9.17, 15) is 25.9 Å². The number of aliphatic imine (C=N–C) groups is 2. The molecular formula is C18H16N2O6S2. The van der Waals surface area contributed by atoms with Crippen LogP contribution in [0.1, 0.15) is 11.1 Å². The third-order valence-corrected chi connectivity index (χ3v) is 5.32. The monoisotopic (exact) mass is 420 g/mol. The minimum atomic E-state index is -4.58. The Labute approximate surface area is 162 Å². The molecule has 146 valence electrons. The highest BCUT2D eigenvalue weighted by Gasteiger charge is 2.17. The molecular weight excluding hydrogens is 404 g/mol. The van der Waals surface area contributed by atoms with E-state index in [2.05, 4.69) is 23.3 Å². The lowest BCUT2D eigenvalue weighted by Crippen LogP contribution is -2.01. The van der Waals surface area contributed by atoms with Crippen LogP contribution in [0.3, 0.4) is 0 Å². The van der Waals surface area contributed by atoms with Gasteiger partial charge in [-0.05, 0) is 42.1 Å². The quantitative estimate of drug-likeness (QED) is 0.399. The molecule has 0 saturated heterocycles. The minimum Gasteiger partial charge on any atom is -0.282 e. The Bertz CT molecular complexity index is 1200. The second-order valence-corrected chi connectivity index (χ2v) is 8.18. The molecule has 0 aliphatic heterocycles. The van der Waals surface area contributed by atoms with Crippen molar-refractivity contribution < 1.29 is 25.9 Å². The van der Waals surface area contributed by atoms with E-state index >= 15 is 0 Å². The maximum atomic E-state index is 11.7. The van der Waals surface area contributed by atoms with E-state index in [4.69, 9.17) is 0 Å². The van der Waals surface area contributed by atoms with Crippen LogP contribution in [0, 0.1) is 0 Å². The van der Waals surface area contributed by atoms with Gasteiger partial charge in [0.25, 0.3) is 20.2 Å². The van der Waals surface area contributed by atoms with Crippen molar-refractivity contribution in [2.75, 3.05) is 0 Å². The Kier molecular flexibility index (Phi) is 6.41. The SMILES string of the molecule is C=CC=Nc1ccc(/C=C/c2ccc(N=C)cc2S(=O)(=O)O)c(S(=O)(=O)O)c1. The second-order valence-electron chi connectivity index (χ2n) is 5.40. The van der Waals surface area contributed by atoms with Crippen molar-refractivity contribution in [1.82, 2.24) is 0 Å². The summed E-state index contributed by atoms with van der Waals surface area (Å²) in [6.45, 7) is 6.75. The van der Waals surface area contributed by atoms with E-state index in [1.54, 1.807) is 0 Å². The fourth-order valence-corrected chi connectivity index (χ4v) is 3.67. The first kappa shape index (κ1) is 21.4. The van der Waals surface area contributed by atoms with E-state index in [1.165, 1.54) is 48.7 Å². The van der Waals surface area contributed by atoms with Gasteiger partial charge in [-0.2, -0.15) is 16.8 Å². The molecule has 10 heteroatoms. The van der Waals surface area contributed by atoms with Crippen molar-refractivity contribution in [3.8, 4) is 0 Å². The molecule has 0 atom stereocenters. The number of allylic oxidation sites excluding steroid dienone is 1. The minimum absolute atomic E-state index is 0.0879. The molecule has 0 fully saturated rings. The third-order valence-electron chi connectivity index (χ3n) is 3.50. The molecule has 2 rings (SSSR count). The van der Waals surface area contributed by atoms with Crippen LogP contribution in [-0.4, -0.2) is 38.9 Å². The number of rotatable bonds is 7. The molecule has 0 radical (unpaired) electrons. The molecule has 0 spiro atoms. The van der Waals surface area contributed by atoms with Crippen molar-refractivity contribution in [3.05, 3.63) is 60.2 Å². The molecule has 0 saturated carbocycles. The molecule has 28 heavy (non-hydrogen) atoms. The smallest absolute Gasteiger partial charge is 0.282 e. The van der Waals surface area contributed by atoms with Crippen LogP contribution in [0.15, 0.2) is 68.8 Å². The van der Waals surface area contributed by atoms with Crippen molar-refractivity contribution >= 4 is 56.7 Å². The van der Waals surface area contributed by atoms with Gasteiger partial charge >= 0.3 is 0 Å². The maximum absolute atomic E-state index is 11.7. The first-order valence-corrected chi connectivity index (χ1v) is 10.5. The highest BCUT2D eigenvalue weighted by molar-refractivity contribution is 7.86. The highest BCUT2D eigenvalue weighted by Crippen LogP contribution is 2.27. The third kappa shape index (κ3) is 5.30. The molecule has 0 bridgehead atoms. The van der Waals surface area contributed by atoms with Crippen LogP contribution >= 0.6 is 0 Å². The Hall–Kier alpha value is -2.92. The molecule has 0 unspecified atom stereocenters. The second kappa shape index (κ2) is 8.40. The van der Waals surface area contributed by atoms with Crippen molar-refractivity contribution in [1.29, 1.82) is 0 Å². The average Bonchev–Trinajstić information content (AvgIpc) is 2.63. The van der Waals surface area contributed by atoms with Gasteiger partial charge in [-0.25, -0.2) is 0 Å². The first-order valence-electron chi connectivity index (χ1n) is 7.59. The van der Waals surface area contributed by atoms with Crippen molar-refractivity contribution in [2.24, 2.45) is 9.98 Å². The summed E-state index contributed by atoms with van der Waals surface area (Å²) in [6, 6.07) is 8.02. The fraction of sp³-hybridized carbons (Fsp3) is 0. The zero-order valence-corrected chi connectivity index (χ0v) is 16.1. The van der Waals surface area contributed by atoms with Gasteiger partial charge in [0.15, 0.2) is 0 Å². The maximum Gasteiger partial charge on any atom is 0.295 e. The summed E-state index contributed by atoms with van der Waals surface area (Å²) in [6.07, 6.45) is 5.33. The molecule has 0 amide bonds. The van der Waals surface area contributed by atoms with Gasteiger partial charge in [0, 0.05) is 6.21 Å². The van der Waals surface area contributed by atoms with Gasteiger partial charge in [-0.15, -0.1) is 0 Å². The van der Waals surface area contributed by atoms with E-state index in [1.807, 2.05) is 0 Å². The molecule has 0 aliphatic carbocycles. The normalized spacial score (nSPS) is 12.5. The molecule has 2 aromatic carbocycles. The largest absolute Gasteiger partial charge is 0.295 e. The van der Waals surface area contributed by atoms with Crippen LogP contribution < -0.4 is 0 Å². The van der Waals surface area contributed by atoms with Gasteiger partial charge in [-0.3, -0.25) is 19.1 Å². The van der Waals surface area contributed by atoms with Crippen molar-refractivity contribution in [2.45, 2.75) is 9.79 Å². The summed E-state index contributed by atoms with van der Waals surface area (Å²) in [4.78, 5) is 6.72. The lowest BCUT2D eigenvalue weighted by molar-refractivity contribution is 0.480. The summed E-state index contributed by atoms with van der Waals surface area (Å²) in [5.41, 5.74) is 0.676. The predicted molar refractivity (Wildman–Crippen MR) is 109 cm³/mol. The van der Waals surface area contributed by atoms with Crippen LogP contribution in [-0.2, 0) is 20.2 Å². The Balaban J connectivity index is 2.60. The average molecular weight is 420 g/mol. The van der Waals surface area contributed by atoms with Gasteiger partial charge in [0.2, 0.25) is 0 Å². The molecule has 0 aliphatic rings. The van der Waals surface area contributed by atoms with E-state index < -0.39 is 30.0 Å². The van der Waals surface area contributed by atoms with E-state index in [0.717, 1.165) is 12.1 Å². The van der Waals surface area contributed by atoms with E-state index in [0.29, 0.717) is 0 Å². The Morgan fingerprint density at radius 3 is 1.71 bits per heavy atom. The molecule has 0 heterocycles. The number of benzene rings is 2. The topological polar surface area (TPSA) is 133 Å². The van der Waals surface area contributed by atoms with E-state index in [-0.39, 0.29) is 22.5 Å². The van der Waals surface area contributed by atoms with Crippen molar-refractivity contribution in [3.63, 3.8) is 0 Å². The van der Waals surface area contributed by atoms with Gasteiger partial charge in [0.1, 0.15) is 9.79 Å². The highest BCUT2D eigenvalue weighted by atomic mass is 32.2. The first-order chi connectivity index (χ1) is 13.1. The van der Waals surface area contributed by atoms with Crippen LogP contribution in [0.4, 0.5) is 11.4 Å². The summed E-state index contributed by atoms with van der Waals surface area (Å²) in [7, 11) is -9.14. The molecule has 8 nitrogen and oxygen atoms in total. The molecule has 2 N–H and O–H groups in total. The standard InChI is InChI=1S/C18H16N2O6S2/c1-3-10-20-16-9-7-14(18(12-16)28(24,25)26)5-4-13-6-8-15(19-2)11-17(13)27(21,22)23/h3-12H,1-2H2,(H,21,22,23)(H,24,25,26)/b5-4+,20-10?. The zero-order chi connectivity index (χ0) is 20.9. The van der Waals surface area contributed by atoms with Crippen LogP contribution in [0.25, 0.3) is 12.2 Å². The fourth-order valence-electron chi connectivity index (χ4n) is 2.27. The predicted octanol–water partition coefficient (Wildman–Crippen LogP) is 3.57. The Morgan fingerprint density at radius 1 is 0.821 bits per heavy atom. The lowest BCUT2D eigenvalue weighted by atomic mass is 10.1. The summed E-state index contributed by atoms with van der Waals surface area (Å²) >= 11 is 0. The number of hydrogen-bond acceptors (Lipinski definition) is 6. The number of hydrogen-bond donors (Lipinski definition) is 2. The van der Waals surface area contributed by atoms with Gasteiger partial charge in [0.05, 0.1) is 11.4 Å². The van der Waals surface area contributed by atoms with Gasteiger partial charge < -0.3 is 0 Å². The summed E-state index contributed by atoms with van der Waals surface area (Å²) in [5, 5.41) is 0. The molecule has 2 aromatic rings.